The van der Waals surface area contributed by atoms with Crippen molar-refractivity contribution in [2.75, 3.05) is 32.8 Å². The van der Waals surface area contributed by atoms with Crippen molar-refractivity contribution >= 4 is 5.97 Å². The normalized spacial score (nSPS) is 11.0. The highest BCUT2D eigenvalue weighted by Gasteiger charge is 2.10. The number of nitrogens with zero attached hydrogens (tertiary/aromatic N) is 1. The van der Waals surface area contributed by atoms with Crippen molar-refractivity contribution in [3.05, 3.63) is 78.4 Å². The maximum absolute atomic E-state index is 12.6. The third kappa shape index (κ3) is 11.1. The fourth-order valence-electron chi connectivity index (χ4n) is 4.58. The van der Waals surface area contributed by atoms with Crippen LogP contribution in [0.15, 0.2) is 72.8 Å². The number of carbonyl (C=O) groups excluding carboxylic acids is 1. The summed E-state index contributed by atoms with van der Waals surface area (Å²) < 4.78 is 17.3. The molecule has 3 rings (SSSR count). The van der Waals surface area contributed by atoms with Gasteiger partial charge in [-0.3, -0.25) is 0 Å². The molecule has 0 N–H and O–H groups in total. The third-order valence-corrected chi connectivity index (χ3v) is 7.14. The highest BCUT2D eigenvalue weighted by atomic mass is 16.5. The zero-order valence-corrected chi connectivity index (χ0v) is 24.7. The minimum absolute atomic E-state index is 0.381. The molecule has 5 heteroatoms. The van der Waals surface area contributed by atoms with Crippen molar-refractivity contribution in [3.63, 3.8) is 0 Å². The molecule has 0 radical (unpaired) electrons. The van der Waals surface area contributed by atoms with Gasteiger partial charge >= 0.3 is 5.97 Å². The Morgan fingerprint density at radius 2 is 1.05 bits per heavy atom. The molecule has 0 heterocycles. The van der Waals surface area contributed by atoms with Crippen LogP contribution in [-0.4, -0.2) is 43.7 Å². The van der Waals surface area contributed by atoms with Crippen molar-refractivity contribution in [3.8, 4) is 28.4 Å². The van der Waals surface area contributed by atoms with Gasteiger partial charge < -0.3 is 19.1 Å². The van der Waals surface area contributed by atoms with Crippen molar-refractivity contribution in [1.82, 2.24) is 4.90 Å². The van der Waals surface area contributed by atoms with E-state index in [4.69, 9.17) is 14.2 Å². The molecule has 3 aromatic rings. The molecule has 0 atom stereocenters. The Bertz CT molecular complexity index is 1090. The van der Waals surface area contributed by atoms with E-state index >= 15 is 0 Å². The molecule has 40 heavy (non-hydrogen) atoms. The molecule has 3 aromatic carbocycles. The first kappa shape index (κ1) is 31.2. The van der Waals surface area contributed by atoms with E-state index in [2.05, 4.69) is 37.8 Å². The maximum atomic E-state index is 12.6. The van der Waals surface area contributed by atoms with Gasteiger partial charge in [-0.1, -0.05) is 83.6 Å². The summed E-state index contributed by atoms with van der Waals surface area (Å²) >= 11 is 0. The van der Waals surface area contributed by atoms with Crippen LogP contribution in [-0.2, 0) is 0 Å². The number of benzene rings is 3. The molecule has 0 fully saturated rings. The summed E-state index contributed by atoms with van der Waals surface area (Å²) in [6.45, 7) is 11.2. The maximum Gasteiger partial charge on any atom is 0.343 e. The zero-order chi connectivity index (χ0) is 28.4. The average molecular weight is 546 g/mol. The van der Waals surface area contributed by atoms with Gasteiger partial charge in [-0.25, -0.2) is 4.79 Å². The average Bonchev–Trinajstić information content (AvgIpc) is 2.99. The first-order valence-corrected chi connectivity index (χ1v) is 15.1. The lowest BCUT2D eigenvalue weighted by Crippen LogP contribution is -2.25. The fourth-order valence-corrected chi connectivity index (χ4v) is 4.58. The van der Waals surface area contributed by atoms with Crippen LogP contribution in [0.3, 0.4) is 0 Å². The van der Waals surface area contributed by atoms with Crippen LogP contribution >= 0.6 is 0 Å². The summed E-state index contributed by atoms with van der Waals surface area (Å²) in [5, 5.41) is 0. The van der Waals surface area contributed by atoms with E-state index in [0.29, 0.717) is 24.5 Å². The van der Waals surface area contributed by atoms with Crippen LogP contribution in [0.2, 0.25) is 0 Å². The summed E-state index contributed by atoms with van der Waals surface area (Å²) in [4.78, 5) is 15.0. The van der Waals surface area contributed by atoms with Crippen molar-refractivity contribution in [1.29, 1.82) is 0 Å². The Labute approximate surface area is 241 Å². The number of ether oxygens (including phenoxy) is 3. The number of esters is 1. The molecule has 0 aliphatic carbocycles. The largest absolute Gasteiger partial charge is 0.494 e. The molecule has 216 valence electrons. The van der Waals surface area contributed by atoms with Gasteiger partial charge in [0.25, 0.3) is 0 Å². The van der Waals surface area contributed by atoms with Crippen LogP contribution in [0.1, 0.15) is 82.5 Å². The molecule has 0 unspecified atom stereocenters. The van der Waals surface area contributed by atoms with E-state index < -0.39 is 0 Å². The molecule has 0 spiro atoms. The van der Waals surface area contributed by atoms with E-state index in [-0.39, 0.29) is 5.97 Å². The summed E-state index contributed by atoms with van der Waals surface area (Å²) in [6.07, 6.45) is 9.80. The molecule has 0 aliphatic heterocycles. The number of carbonyl (C=O) groups is 1. The monoisotopic (exact) mass is 545 g/mol. The van der Waals surface area contributed by atoms with E-state index in [1.165, 1.54) is 38.5 Å². The van der Waals surface area contributed by atoms with Crippen LogP contribution < -0.4 is 14.2 Å². The second-order valence-electron chi connectivity index (χ2n) is 10.2. The second kappa shape index (κ2) is 18.1. The topological polar surface area (TPSA) is 48.0 Å². The van der Waals surface area contributed by atoms with Crippen molar-refractivity contribution < 1.29 is 19.0 Å². The van der Waals surface area contributed by atoms with Gasteiger partial charge in [-0.2, -0.15) is 0 Å². The van der Waals surface area contributed by atoms with Gasteiger partial charge in [-0.05, 0) is 85.6 Å². The predicted octanol–water partition coefficient (Wildman–Crippen LogP) is 8.81. The number of hydrogen-bond acceptors (Lipinski definition) is 5. The Kier molecular flexibility index (Phi) is 14.1. The number of unbranched alkanes of at least 4 members (excludes halogenated alkanes) is 6. The van der Waals surface area contributed by atoms with Gasteiger partial charge in [0.15, 0.2) is 0 Å². The van der Waals surface area contributed by atoms with Gasteiger partial charge in [0, 0.05) is 6.54 Å². The highest BCUT2D eigenvalue weighted by Crippen LogP contribution is 2.25. The molecule has 0 saturated carbocycles. The van der Waals surface area contributed by atoms with Crippen LogP contribution in [0.4, 0.5) is 0 Å². The van der Waals surface area contributed by atoms with Crippen LogP contribution in [0.25, 0.3) is 11.1 Å². The minimum atomic E-state index is -0.381. The van der Waals surface area contributed by atoms with Gasteiger partial charge in [0.05, 0.1) is 18.8 Å². The molecular weight excluding hydrogens is 498 g/mol. The van der Waals surface area contributed by atoms with Crippen molar-refractivity contribution in [2.45, 2.75) is 72.1 Å². The van der Waals surface area contributed by atoms with E-state index in [1.54, 1.807) is 12.1 Å². The van der Waals surface area contributed by atoms with Crippen molar-refractivity contribution in [2.24, 2.45) is 0 Å². The molecule has 0 aliphatic rings. The zero-order valence-electron chi connectivity index (χ0n) is 24.7. The summed E-state index contributed by atoms with van der Waals surface area (Å²) in [5.74, 6) is 1.79. The Balaban J connectivity index is 1.39. The molecule has 0 amide bonds. The van der Waals surface area contributed by atoms with Gasteiger partial charge in [0.2, 0.25) is 0 Å². The quantitative estimate of drug-likeness (QED) is 0.0856. The highest BCUT2D eigenvalue weighted by molar-refractivity contribution is 5.91. The number of rotatable bonds is 19. The van der Waals surface area contributed by atoms with Crippen LogP contribution in [0.5, 0.6) is 17.2 Å². The Hall–Kier alpha value is -3.31. The predicted molar refractivity (Wildman–Crippen MR) is 165 cm³/mol. The summed E-state index contributed by atoms with van der Waals surface area (Å²) in [6, 6.07) is 22.9. The Morgan fingerprint density at radius 3 is 1.60 bits per heavy atom. The summed E-state index contributed by atoms with van der Waals surface area (Å²) in [7, 11) is 0. The fraction of sp³-hybridized carbons (Fsp3) is 0.457. The SMILES string of the molecule is CCCCCCCCCOc1ccc(C(=O)Oc2ccc(-c3ccc(OCCCN(CC)CC)cc3)cc2)cc1. The molecule has 0 saturated heterocycles. The Morgan fingerprint density at radius 1 is 0.575 bits per heavy atom. The lowest BCUT2D eigenvalue weighted by molar-refractivity contribution is 0.0734. The minimum Gasteiger partial charge on any atom is -0.494 e. The van der Waals surface area contributed by atoms with Gasteiger partial charge in [0.1, 0.15) is 17.2 Å². The first-order valence-electron chi connectivity index (χ1n) is 15.1. The summed E-state index contributed by atoms with van der Waals surface area (Å²) in [5.41, 5.74) is 2.64. The van der Waals surface area contributed by atoms with Gasteiger partial charge in [-0.15, -0.1) is 0 Å². The lowest BCUT2D eigenvalue weighted by atomic mass is 10.1. The van der Waals surface area contributed by atoms with E-state index in [0.717, 1.165) is 55.1 Å². The standard InChI is InChI=1S/C35H47NO4/c1-4-7-8-9-10-11-12-27-38-33-22-18-31(19-23-33)35(37)40-34-24-16-30(17-25-34)29-14-20-32(21-15-29)39-28-13-26-36(5-2)6-3/h14-25H,4-13,26-28H2,1-3H3. The molecule has 0 aromatic heterocycles. The lowest BCUT2D eigenvalue weighted by Gasteiger charge is -2.17. The van der Waals surface area contributed by atoms with E-state index in [9.17, 15) is 4.79 Å². The second-order valence-corrected chi connectivity index (χ2v) is 10.2. The molecule has 5 nitrogen and oxygen atoms in total. The number of hydrogen-bond donors (Lipinski definition) is 0. The third-order valence-electron chi connectivity index (χ3n) is 7.14. The molecule has 0 bridgehead atoms. The first-order chi connectivity index (χ1) is 19.6. The van der Waals surface area contributed by atoms with E-state index in [1.807, 2.05) is 48.5 Å². The molecular formula is C35H47NO4. The van der Waals surface area contributed by atoms with Crippen LogP contribution in [0, 0.1) is 0 Å². The smallest absolute Gasteiger partial charge is 0.343 e.